The van der Waals surface area contributed by atoms with Crippen LogP contribution < -0.4 is 0 Å². The third kappa shape index (κ3) is 8.66. The average Bonchev–Trinajstić information content (AvgIpc) is 2.82. The summed E-state index contributed by atoms with van der Waals surface area (Å²) in [7, 11) is 0. The predicted molar refractivity (Wildman–Crippen MR) is 98.1 cm³/mol. The molecule has 4 N–H and O–H groups in total. The van der Waals surface area contributed by atoms with Gasteiger partial charge in [-0.2, -0.15) is 0 Å². The van der Waals surface area contributed by atoms with Crippen LogP contribution in [-0.2, 0) is 4.79 Å². The van der Waals surface area contributed by atoms with Gasteiger partial charge in [0, 0.05) is 18.8 Å². The number of hydrogen-bond donors (Lipinski definition) is 4. The van der Waals surface area contributed by atoms with Crippen molar-refractivity contribution in [2.24, 2.45) is 11.8 Å². The Morgan fingerprint density at radius 3 is 2.60 bits per heavy atom. The zero-order valence-corrected chi connectivity index (χ0v) is 15.3. The molecule has 0 radical (unpaired) electrons. The van der Waals surface area contributed by atoms with Gasteiger partial charge in [-0.1, -0.05) is 50.5 Å². The number of aliphatic hydroxyl groups is 3. The Hall–Kier alpha value is -1.17. The monoisotopic (exact) mass is 354 g/mol. The maximum atomic E-state index is 10.5. The lowest BCUT2D eigenvalue weighted by Crippen LogP contribution is -2.20. The maximum absolute atomic E-state index is 10.5. The minimum atomic E-state index is -0.787. The van der Waals surface area contributed by atoms with Crippen molar-refractivity contribution in [3.63, 3.8) is 0 Å². The van der Waals surface area contributed by atoms with E-state index in [1.54, 1.807) is 6.08 Å². The fourth-order valence-corrected chi connectivity index (χ4v) is 3.41. The van der Waals surface area contributed by atoms with Crippen molar-refractivity contribution >= 4 is 5.97 Å². The molecule has 1 rings (SSSR count). The van der Waals surface area contributed by atoms with E-state index in [1.165, 1.54) is 0 Å². The van der Waals surface area contributed by atoms with Gasteiger partial charge in [0.15, 0.2) is 0 Å². The molecule has 144 valence electrons. The highest BCUT2D eigenvalue weighted by molar-refractivity contribution is 5.66. The van der Waals surface area contributed by atoms with E-state index in [2.05, 4.69) is 6.92 Å². The second kappa shape index (κ2) is 12.2. The smallest absolute Gasteiger partial charge is 0.303 e. The number of aliphatic carboxylic acids is 1. The summed E-state index contributed by atoms with van der Waals surface area (Å²) in [5.41, 5.74) is 0. The van der Waals surface area contributed by atoms with Crippen LogP contribution in [0.1, 0.15) is 64.7 Å². The highest BCUT2D eigenvalue weighted by atomic mass is 16.4. The summed E-state index contributed by atoms with van der Waals surface area (Å²) in [6.07, 6.45) is 12.3. The van der Waals surface area contributed by atoms with Gasteiger partial charge in [0.2, 0.25) is 0 Å². The number of allylic oxidation sites excluding steroid dienone is 2. The number of aliphatic hydroxyl groups excluding tert-OH is 3. The lowest BCUT2D eigenvalue weighted by molar-refractivity contribution is -0.137. The summed E-state index contributed by atoms with van der Waals surface area (Å²) in [6, 6.07) is 0. The van der Waals surface area contributed by atoms with Crippen LogP contribution in [0.4, 0.5) is 0 Å². The molecule has 0 aliphatic heterocycles. The molecule has 1 aliphatic carbocycles. The van der Waals surface area contributed by atoms with Crippen molar-refractivity contribution in [3.8, 4) is 0 Å². The fraction of sp³-hybridized carbons (Fsp3) is 0.750. The molecule has 25 heavy (non-hydrogen) atoms. The molecule has 0 bridgehead atoms. The number of rotatable bonds is 12. The minimum Gasteiger partial charge on any atom is -0.481 e. The zero-order valence-electron chi connectivity index (χ0n) is 15.3. The predicted octanol–water partition coefficient (Wildman–Crippen LogP) is 3.04. The van der Waals surface area contributed by atoms with E-state index in [0.29, 0.717) is 25.7 Å². The lowest BCUT2D eigenvalue weighted by atomic mass is 9.89. The van der Waals surface area contributed by atoms with Crippen LogP contribution in [0.15, 0.2) is 24.3 Å². The first-order chi connectivity index (χ1) is 12.0. The Labute approximate surface area is 151 Å². The average molecular weight is 354 g/mol. The number of carboxylic acids is 1. The number of unbranched alkanes of at least 4 members (excludes halogenated alkanes) is 3. The Bertz CT molecular complexity index is 432. The normalized spacial score (nSPS) is 28.2. The van der Waals surface area contributed by atoms with Gasteiger partial charge in [0.05, 0.1) is 18.3 Å². The van der Waals surface area contributed by atoms with Gasteiger partial charge in [0.1, 0.15) is 0 Å². The minimum absolute atomic E-state index is 0.0650. The highest BCUT2D eigenvalue weighted by Gasteiger charge is 2.39. The van der Waals surface area contributed by atoms with Crippen LogP contribution in [0.25, 0.3) is 0 Å². The Kier molecular flexibility index (Phi) is 10.7. The largest absolute Gasteiger partial charge is 0.481 e. The van der Waals surface area contributed by atoms with E-state index in [4.69, 9.17) is 5.11 Å². The van der Waals surface area contributed by atoms with E-state index in [9.17, 15) is 20.1 Å². The molecule has 0 aromatic carbocycles. The number of carbonyl (C=O) groups is 1. The molecule has 1 fully saturated rings. The first-order valence-corrected chi connectivity index (χ1v) is 9.55. The van der Waals surface area contributed by atoms with Crippen LogP contribution >= 0.6 is 0 Å². The molecule has 0 heterocycles. The zero-order chi connectivity index (χ0) is 18.7. The second-order valence-corrected chi connectivity index (χ2v) is 7.05. The van der Waals surface area contributed by atoms with E-state index in [0.717, 1.165) is 25.7 Å². The van der Waals surface area contributed by atoms with E-state index >= 15 is 0 Å². The third-order valence-electron chi connectivity index (χ3n) is 4.91. The summed E-state index contributed by atoms with van der Waals surface area (Å²) in [5.74, 6) is -1.00. The Morgan fingerprint density at radius 1 is 1.16 bits per heavy atom. The maximum Gasteiger partial charge on any atom is 0.303 e. The summed E-state index contributed by atoms with van der Waals surface area (Å²) in [5, 5.41) is 39.0. The SMILES string of the molecule is CCCCC[C@H](O)/C=C\[C@@H]1[C@H](C/C=C\CCCC(=O)O)[C@@H](O)C[C@H]1O. The van der Waals surface area contributed by atoms with Gasteiger partial charge in [-0.05, 0) is 31.6 Å². The van der Waals surface area contributed by atoms with Gasteiger partial charge >= 0.3 is 5.97 Å². The molecule has 0 spiro atoms. The van der Waals surface area contributed by atoms with Crippen LogP contribution in [-0.4, -0.2) is 44.7 Å². The molecule has 1 aliphatic rings. The van der Waals surface area contributed by atoms with E-state index in [-0.39, 0.29) is 18.3 Å². The Balaban J connectivity index is 2.46. The van der Waals surface area contributed by atoms with Crippen LogP contribution in [0.5, 0.6) is 0 Å². The van der Waals surface area contributed by atoms with Gasteiger partial charge in [-0.15, -0.1) is 0 Å². The van der Waals surface area contributed by atoms with Crippen molar-refractivity contribution in [3.05, 3.63) is 24.3 Å². The van der Waals surface area contributed by atoms with Crippen molar-refractivity contribution in [1.29, 1.82) is 0 Å². The lowest BCUT2D eigenvalue weighted by Gasteiger charge is -2.19. The first kappa shape index (κ1) is 21.9. The van der Waals surface area contributed by atoms with Crippen molar-refractivity contribution in [2.75, 3.05) is 0 Å². The Morgan fingerprint density at radius 2 is 1.92 bits per heavy atom. The molecule has 5 heteroatoms. The van der Waals surface area contributed by atoms with Gasteiger partial charge in [-0.25, -0.2) is 0 Å². The molecule has 0 saturated heterocycles. The number of carboxylic acid groups (broad SMARTS) is 1. The summed E-state index contributed by atoms with van der Waals surface area (Å²) >= 11 is 0. The summed E-state index contributed by atoms with van der Waals surface area (Å²) in [4.78, 5) is 10.5. The molecule has 0 aromatic heterocycles. The summed E-state index contributed by atoms with van der Waals surface area (Å²) in [6.45, 7) is 2.12. The molecule has 5 atom stereocenters. The van der Waals surface area contributed by atoms with E-state index in [1.807, 2.05) is 18.2 Å². The summed E-state index contributed by atoms with van der Waals surface area (Å²) < 4.78 is 0. The molecular formula is C20H34O5. The highest BCUT2D eigenvalue weighted by Crippen LogP contribution is 2.36. The quantitative estimate of drug-likeness (QED) is 0.319. The van der Waals surface area contributed by atoms with Gasteiger partial charge in [0.25, 0.3) is 0 Å². The molecule has 0 unspecified atom stereocenters. The molecular weight excluding hydrogens is 320 g/mol. The second-order valence-electron chi connectivity index (χ2n) is 7.05. The number of hydrogen-bond acceptors (Lipinski definition) is 4. The van der Waals surface area contributed by atoms with Crippen LogP contribution in [0.2, 0.25) is 0 Å². The third-order valence-corrected chi connectivity index (χ3v) is 4.91. The van der Waals surface area contributed by atoms with Crippen LogP contribution in [0.3, 0.4) is 0 Å². The van der Waals surface area contributed by atoms with Gasteiger partial charge in [-0.3, -0.25) is 4.79 Å². The molecule has 5 nitrogen and oxygen atoms in total. The van der Waals surface area contributed by atoms with E-state index < -0.39 is 24.3 Å². The van der Waals surface area contributed by atoms with Gasteiger partial charge < -0.3 is 20.4 Å². The van der Waals surface area contributed by atoms with Crippen LogP contribution in [0, 0.1) is 11.8 Å². The van der Waals surface area contributed by atoms with Crippen molar-refractivity contribution < 1.29 is 25.2 Å². The molecule has 0 amide bonds. The fourth-order valence-electron chi connectivity index (χ4n) is 3.41. The standard InChI is InChI=1S/C20H34O5/c1-2-3-6-9-15(21)12-13-17-16(18(22)14-19(17)23)10-7-4-5-8-11-20(24)25/h4,7,12-13,15-19,21-23H,2-3,5-6,8-11,14H2,1H3,(H,24,25)/b7-4-,13-12-/t15-,16-,17+,18-,19+/m0/s1. The van der Waals surface area contributed by atoms with Crippen molar-refractivity contribution in [2.45, 2.75) is 83.0 Å². The topological polar surface area (TPSA) is 98.0 Å². The van der Waals surface area contributed by atoms with Crippen molar-refractivity contribution in [1.82, 2.24) is 0 Å². The molecule has 1 saturated carbocycles. The first-order valence-electron chi connectivity index (χ1n) is 9.55. The molecule has 0 aromatic rings.